The minimum Gasteiger partial charge on any atom is -0.320 e. The van der Waals surface area contributed by atoms with Crippen molar-refractivity contribution in [2.75, 3.05) is 17.7 Å². The Morgan fingerprint density at radius 2 is 2.27 bits per heavy atom. The van der Waals surface area contributed by atoms with Crippen LogP contribution in [0.4, 0.5) is 0 Å². The number of aromatic nitrogens is 2. The van der Waals surface area contributed by atoms with Crippen molar-refractivity contribution < 1.29 is 0 Å². The fourth-order valence-corrected chi connectivity index (χ4v) is 2.46. The molecule has 3 rings (SSSR count). The van der Waals surface area contributed by atoms with Crippen molar-refractivity contribution in [2.45, 2.75) is 5.16 Å². The first kappa shape index (κ1) is 8.79. The minimum atomic E-state index is -0.0113. The van der Waals surface area contributed by atoms with Gasteiger partial charge >= 0.3 is 0 Å². The summed E-state index contributed by atoms with van der Waals surface area (Å²) in [5, 5.41) is 1.42. The molecular formula is C10H9N3OS. The zero-order valence-corrected chi connectivity index (χ0v) is 8.75. The van der Waals surface area contributed by atoms with Gasteiger partial charge in [-0.2, -0.15) is 4.68 Å². The number of hydrogen-bond acceptors (Lipinski definition) is 4. The van der Waals surface area contributed by atoms with E-state index in [9.17, 15) is 4.79 Å². The van der Waals surface area contributed by atoms with Crippen LogP contribution in [0.3, 0.4) is 0 Å². The molecule has 1 aromatic carbocycles. The molecule has 0 spiro atoms. The van der Waals surface area contributed by atoms with Gasteiger partial charge < -0.3 is 5.43 Å². The molecule has 2 heterocycles. The van der Waals surface area contributed by atoms with Crippen molar-refractivity contribution >= 4 is 22.7 Å². The highest BCUT2D eigenvalue weighted by Gasteiger charge is 2.13. The van der Waals surface area contributed by atoms with Crippen molar-refractivity contribution in [3.05, 3.63) is 34.6 Å². The molecule has 4 nitrogen and oxygen atoms in total. The van der Waals surface area contributed by atoms with E-state index in [1.165, 1.54) is 4.68 Å². The van der Waals surface area contributed by atoms with E-state index in [1.807, 2.05) is 18.2 Å². The number of fused-ring (bicyclic) bond motifs is 2. The van der Waals surface area contributed by atoms with E-state index in [1.54, 1.807) is 17.8 Å². The van der Waals surface area contributed by atoms with E-state index in [0.29, 0.717) is 5.39 Å². The second-order valence-corrected chi connectivity index (χ2v) is 4.37. The van der Waals surface area contributed by atoms with Gasteiger partial charge in [0.15, 0.2) is 5.16 Å². The zero-order valence-electron chi connectivity index (χ0n) is 7.93. The van der Waals surface area contributed by atoms with E-state index >= 15 is 0 Å². The maximum atomic E-state index is 12.0. The predicted molar refractivity (Wildman–Crippen MR) is 61.0 cm³/mol. The van der Waals surface area contributed by atoms with E-state index in [4.69, 9.17) is 0 Å². The molecule has 2 aromatic rings. The highest BCUT2D eigenvalue weighted by atomic mass is 32.2. The monoisotopic (exact) mass is 219 g/mol. The topological polar surface area (TPSA) is 46.9 Å². The Labute approximate surface area is 90.3 Å². The molecule has 0 unspecified atom stereocenters. The summed E-state index contributed by atoms with van der Waals surface area (Å²) in [4.78, 5) is 16.5. The average Bonchev–Trinajstić information content (AvgIpc) is 2.30. The third-order valence-electron chi connectivity index (χ3n) is 2.35. The molecule has 0 fully saturated rings. The highest BCUT2D eigenvalue weighted by Crippen LogP contribution is 2.18. The van der Waals surface area contributed by atoms with Gasteiger partial charge in [0, 0.05) is 12.3 Å². The first-order chi connectivity index (χ1) is 7.36. The number of nitrogens with zero attached hydrogens (tertiary/aromatic N) is 2. The van der Waals surface area contributed by atoms with Gasteiger partial charge in [0.05, 0.1) is 10.9 Å². The molecule has 0 saturated carbocycles. The largest absolute Gasteiger partial charge is 0.320 e. The summed E-state index contributed by atoms with van der Waals surface area (Å²) >= 11 is 1.61. The lowest BCUT2D eigenvalue weighted by Gasteiger charge is -2.18. The molecule has 15 heavy (non-hydrogen) atoms. The Bertz CT molecular complexity index is 578. The van der Waals surface area contributed by atoms with Crippen LogP contribution in [0.5, 0.6) is 0 Å². The Hall–Kier alpha value is -1.49. The summed E-state index contributed by atoms with van der Waals surface area (Å²) in [6, 6.07) is 7.42. The fourth-order valence-electron chi connectivity index (χ4n) is 1.65. The molecule has 1 aliphatic heterocycles. The third-order valence-corrected chi connectivity index (χ3v) is 3.29. The third kappa shape index (κ3) is 1.31. The molecule has 1 aromatic heterocycles. The van der Waals surface area contributed by atoms with Crippen LogP contribution >= 0.6 is 11.8 Å². The van der Waals surface area contributed by atoms with Gasteiger partial charge in [-0.15, -0.1) is 0 Å². The molecule has 0 bridgehead atoms. The Kier molecular flexibility index (Phi) is 1.92. The minimum absolute atomic E-state index is 0.0113. The molecule has 0 radical (unpaired) electrons. The molecule has 0 atom stereocenters. The van der Waals surface area contributed by atoms with Crippen molar-refractivity contribution in [1.29, 1.82) is 0 Å². The molecular weight excluding hydrogens is 210 g/mol. The zero-order chi connectivity index (χ0) is 10.3. The van der Waals surface area contributed by atoms with Crippen LogP contribution in [0.15, 0.2) is 34.2 Å². The molecule has 5 heteroatoms. The Balaban J connectivity index is 2.41. The fraction of sp³-hybridized carbons (Fsp3) is 0.200. The van der Waals surface area contributed by atoms with Crippen LogP contribution < -0.4 is 11.0 Å². The van der Waals surface area contributed by atoms with Crippen molar-refractivity contribution in [2.24, 2.45) is 0 Å². The molecule has 76 valence electrons. The standard InChI is InChI=1S/C10H9N3OS/c14-9-7-3-1-2-4-8(7)12-10-13(9)11-5-6-15-10/h1-4,11H,5-6H2. The predicted octanol–water partition coefficient (Wildman–Crippen LogP) is 1.05. The summed E-state index contributed by atoms with van der Waals surface area (Å²) in [6.07, 6.45) is 0. The molecule has 1 aliphatic rings. The van der Waals surface area contributed by atoms with Crippen LogP contribution in [0.2, 0.25) is 0 Å². The number of benzene rings is 1. The number of para-hydroxylation sites is 1. The van der Waals surface area contributed by atoms with Gasteiger partial charge in [-0.1, -0.05) is 23.9 Å². The summed E-state index contributed by atoms with van der Waals surface area (Å²) in [5.41, 5.74) is 3.80. The van der Waals surface area contributed by atoms with Crippen LogP contribution in [0.25, 0.3) is 10.9 Å². The quantitative estimate of drug-likeness (QED) is 0.673. The second-order valence-electron chi connectivity index (χ2n) is 3.31. The second kappa shape index (κ2) is 3.27. The van der Waals surface area contributed by atoms with Gasteiger partial charge in [0.1, 0.15) is 0 Å². The van der Waals surface area contributed by atoms with Crippen LogP contribution in [0, 0.1) is 0 Å². The first-order valence-corrected chi connectivity index (χ1v) is 5.73. The normalized spacial score (nSPS) is 14.7. The van der Waals surface area contributed by atoms with Crippen molar-refractivity contribution in [3.63, 3.8) is 0 Å². The average molecular weight is 219 g/mol. The van der Waals surface area contributed by atoms with Crippen molar-refractivity contribution in [3.8, 4) is 0 Å². The number of nitrogens with one attached hydrogen (secondary N) is 1. The van der Waals surface area contributed by atoms with E-state index in [0.717, 1.165) is 23.0 Å². The summed E-state index contributed by atoms with van der Waals surface area (Å²) in [7, 11) is 0. The van der Waals surface area contributed by atoms with Crippen LogP contribution in [-0.4, -0.2) is 22.0 Å². The molecule has 0 saturated heterocycles. The smallest absolute Gasteiger partial charge is 0.280 e. The Morgan fingerprint density at radius 1 is 1.40 bits per heavy atom. The van der Waals surface area contributed by atoms with Crippen LogP contribution in [-0.2, 0) is 0 Å². The SMILES string of the molecule is O=c1c2ccccc2nc2n1NCCS2. The van der Waals surface area contributed by atoms with Gasteiger partial charge in [-0.05, 0) is 12.1 Å². The summed E-state index contributed by atoms with van der Waals surface area (Å²) in [5.74, 6) is 0.949. The maximum absolute atomic E-state index is 12.0. The van der Waals surface area contributed by atoms with E-state index in [-0.39, 0.29) is 5.56 Å². The van der Waals surface area contributed by atoms with E-state index in [2.05, 4.69) is 10.4 Å². The van der Waals surface area contributed by atoms with Crippen molar-refractivity contribution in [1.82, 2.24) is 9.66 Å². The Morgan fingerprint density at radius 3 is 3.20 bits per heavy atom. The first-order valence-electron chi connectivity index (χ1n) is 4.75. The van der Waals surface area contributed by atoms with Gasteiger partial charge in [0.25, 0.3) is 5.56 Å². The summed E-state index contributed by atoms with van der Waals surface area (Å²) in [6.45, 7) is 0.803. The number of rotatable bonds is 0. The number of hydrogen-bond donors (Lipinski definition) is 1. The molecule has 0 amide bonds. The maximum Gasteiger partial charge on any atom is 0.280 e. The lowest BCUT2D eigenvalue weighted by molar-refractivity contribution is 0.698. The lowest BCUT2D eigenvalue weighted by Crippen LogP contribution is -2.35. The highest BCUT2D eigenvalue weighted by molar-refractivity contribution is 7.99. The summed E-state index contributed by atoms with van der Waals surface area (Å²) < 4.78 is 1.54. The van der Waals surface area contributed by atoms with E-state index < -0.39 is 0 Å². The van der Waals surface area contributed by atoms with Crippen LogP contribution in [0.1, 0.15) is 0 Å². The van der Waals surface area contributed by atoms with Gasteiger partial charge in [-0.25, -0.2) is 4.98 Å². The number of thioether (sulfide) groups is 1. The van der Waals surface area contributed by atoms with Gasteiger partial charge in [0.2, 0.25) is 0 Å². The van der Waals surface area contributed by atoms with Gasteiger partial charge in [-0.3, -0.25) is 4.79 Å². The molecule has 1 N–H and O–H groups in total. The molecule has 0 aliphatic carbocycles. The lowest BCUT2D eigenvalue weighted by atomic mass is 10.2.